The van der Waals surface area contributed by atoms with Gasteiger partial charge in [0.2, 0.25) is 0 Å². The number of carbonyl (C=O) groups is 1. The number of hydrogen-bond donors (Lipinski definition) is 0. The van der Waals surface area contributed by atoms with Gasteiger partial charge in [0.1, 0.15) is 23.0 Å². The summed E-state index contributed by atoms with van der Waals surface area (Å²) in [6.45, 7) is 3.22. The molecule has 0 saturated carbocycles. The summed E-state index contributed by atoms with van der Waals surface area (Å²) in [5, 5.41) is 1.22. The Morgan fingerprint density at radius 1 is 1.09 bits per heavy atom. The van der Waals surface area contributed by atoms with E-state index in [2.05, 4.69) is 4.90 Å². The molecule has 1 saturated heterocycles. The van der Waals surface area contributed by atoms with Gasteiger partial charge < -0.3 is 19.3 Å². The lowest BCUT2D eigenvalue weighted by atomic mass is 9.97. The van der Waals surface area contributed by atoms with Crippen molar-refractivity contribution in [2.45, 2.75) is 32.3 Å². The van der Waals surface area contributed by atoms with Crippen molar-refractivity contribution in [3.05, 3.63) is 46.1 Å². The first-order valence-electron chi connectivity index (χ1n) is 11.2. The summed E-state index contributed by atoms with van der Waals surface area (Å²) in [5.41, 5.74) is 2.10. The van der Waals surface area contributed by atoms with Crippen molar-refractivity contribution in [2.24, 2.45) is 0 Å². The van der Waals surface area contributed by atoms with E-state index in [4.69, 9.17) is 19.4 Å². The summed E-state index contributed by atoms with van der Waals surface area (Å²) in [6.07, 6.45) is 4.71. The zero-order valence-corrected chi connectivity index (χ0v) is 19.4. The molecule has 1 aliphatic heterocycles. The Balaban J connectivity index is 1.40. The van der Waals surface area contributed by atoms with E-state index in [9.17, 15) is 4.79 Å². The molecule has 0 atom stereocenters. The summed E-state index contributed by atoms with van der Waals surface area (Å²) < 4.78 is 10.6. The van der Waals surface area contributed by atoms with Crippen LogP contribution in [0.5, 0.6) is 5.75 Å². The molecule has 32 heavy (non-hydrogen) atoms. The minimum atomic E-state index is 0.0457. The standard InChI is InChI=1S/C24H28N4O3S/c1-30-15-20-25-22(21-18-8-3-4-9-19(18)32-23(21)26-20)27-10-12-28(13-11-27)24(29)16-6-5-7-17(14-16)31-2/h5-7,14H,3-4,8-13,15H2,1-2H3. The number of thiophene rings is 1. The Morgan fingerprint density at radius 2 is 1.91 bits per heavy atom. The van der Waals surface area contributed by atoms with Crippen LogP contribution in [0, 0.1) is 0 Å². The lowest BCUT2D eigenvalue weighted by Gasteiger charge is -2.36. The average molecular weight is 453 g/mol. The fourth-order valence-corrected chi connectivity index (χ4v) is 5.94. The maximum atomic E-state index is 13.0. The highest BCUT2D eigenvalue weighted by Gasteiger charge is 2.28. The number of ether oxygens (including phenoxy) is 2. The number of benzene rings is 1. The molecule has 3 aromatic rings. The normalized spacial score (nSPS) is 16.3. The summed E-state index contributed by atoms with van der Waals surface area (Å²) >= 11 is 1.81. The predicted molar refractivity (Wildman–Crippen MR) is 126 cm³/mol. The molecule has 2 aliphatic rings. The van der Waals surface area contributed by atoms with Crippen LogP contribution in [0.2, 0.25) is 0 Å². The van der Waals surface area contributed by atoms with E-state index in [1.54, 1.807) is 20.3 Å². The van der Waals surface area contributed by atoms with Crippen LogP contribution in [0.15, 0.2) is 24.3 Å². The first-order valence-corrected chi connectivity index (χ1v) is 12.0. The molecule has 3 heterocycles. The first kappa shape index (κ1) is 21.2. The van der Waals surface area contributed by atoms with Gasteiger partial charge in [-0.3, -0.25) is 4.79 Å². The number of hydrogen-bond acceptors (Lipinski definition) is 7. The molecular weight excluding hydrogens is 424 g/mol. The molecule has 0 bridgehead atoms. The third kappa shape index (κ3) is 3.93. The number of carbonyl (C=O) groups excluding carboxylic acids is 1. The lowest BCUT2D eigenvalue weighted by molar-refractivity contribution is 0.0746. The average Bonchev–Trinajstić information content (AvgIpc) is 3.22. The van der Waals surface area contributed by atoms with Crippen LogP contribution in [0.25, 0.3) is 10.2 Å². The van der Waals surface area contributed by atoms with E-state index >= 15 is 0 Å². The number of anilines is 1. The van der Waals surface area contributed by atoms with Gasteiger partial charge in [-0.2, -0.15) is 0 Å². The van der Waals surface area contributed by atoms with Gasteiger partial charge in [-0.25, -0.2) is 9.97 Å². The van der Waals surface area contributed by atoms with Crippen molar-refractivity contribution in [1.29, 1.82) is 0 Å². The third-order valence-electron chi connectivity index (χ3n) is 6.30. The summed E-state index contributed by atoms with van der Waals surface area (Å²) in [4.78, 5) is 29.5. The van der Waals surface area contributed by atoms with E-state index in [0.717, 1.165) is 42.4 Å². The lowest BCUT2D eigenvalue weighted by Crippen LogP contribution is -2.49. The Bertz CT molecular complexity index is 1140. The van der Waals surface area contributed by atoms with Gasteiger partial charge in [0, 0.05) is 43.7 Å². The van der Waals surface area contributed by atoms with Gasteiger partial charge in [0.25, 0.3) is 5.91 Å². The Morgan fingerprint density at radius 3 is 2.69 bits per heavy atom. The smallest absolute Gasteiger partial charge is 0.254 e. The molecule has 0 N–H and O–H groups in total. The molecule has 2 aromatic heterocycles. The molecule has 1 fully saturated rings. The fourth-order valence-electron chi connectivity index (χ4n) is 4.66. The number of piperazine rings is 1. The van der Waals surface area contributed by atoms with Gasteiger partial charge in [0.15, 0.2) is 5.82 Å². The molecule has 0 unspecified atom stereocenters. The SMILES string of the molecule is COCc1nc(N2CCN(C(=O)c3cccc(OC)c3)CC2)c2c3c(sc2n1)CCCC3. The second-order valence-corrected chi connectivity index (χ2v) is 9.38. The minimum Gasteiger partial charge on any atom is -0.497 e. The molecule has 1 aromatic carbocycles. The second kappa shape index (κ2) is 9.03. The number of amides is 1. The fraction of sp³-hybridized carbons (Fsp3) is 0.458. The number of rotatable bonds is 5. The van der Waals surface area contributed by atoms with Gasteiger partial charge >= 0.3 is 0 Å². The molecule has 0 radical (unpaired) electrons. The monoisotopic (exact) mass is 452 g/mol. The summed E-state index contributed by atoms with van der Waals surface area (Å²) in [7, 11) is 3.29. The summed E-state index contributed by atoms with van der Waals surface area (Å²) in [5.74, 6) is 2.48. The van der Waals surface area contributed by atoms with Gasteiger partial charge in [-0.1, -0.05) is 6.07 Å². The van der Waals surface area contributed by atoms with Crippen molar-refractivity contribution >= 4 is 33.3 Å². The van der Waals surface area contributed by atoms with E-state index in [-0.39, 0.29) is 5.91 Å². The highest BCUT2D eigenvalue weighted by Crippen LogP contribution is 2.40. The van der Waals surface area contributed by atoms with Crippen molar-refractivity contribution in [3.8, 4) is 5.75 Å². The van der Waals surface area contributed by atoms with Crippen LogP contribution in [-0.4, -0.2) is 61.2 Å². The van der Waals surface area contributed by atoms with Crippen molar-refractivity contribution < 1.29 is 14.3 Å². The molecule has 7 nitrogen and oxygen atoms in total. The van der Waals surface area contributed by atoms with Crippen LogP contribution in [0.4, 0.5) is 5.82 Å². The van der Waals surface area contributed by atoms with E-state index in [0.29, 0.717) is 31.0 Å². The molecule has 5 rings (SSSR count). The molecular formula is C24H28N4O3S. The maximum Gasteiger partial charge on any atom is 0.254 e. The highest BCUT2D eigenvalue weighted by molar-refractivity contribution is 7.19. The van der Waals surface area contributed by atoms with Gasteiger partial charge in [0.05, 0.1) is 12.5 Å². The first-order chi connectivity index (χ1) is 15.7. The molecule has 1 amide bonds. The number of aromatic nitrogens is 2. The van der Waals surface area contributed by atoms with Crippen molar-refractivity contribution in [1.82, 2.24) is 14.9 Å². The predicted octanol–water partition coefficient (Wildman–Crippen LogP) is 3.69. The van der Waals surface area contributed by atoms with Crippen molar-refractivity contribution in [2.75, 3.05) is 45.3 Å². The van der Waals surface area contributed by atoms with Crippen LogP contribution < -0.4 is 9.64 Å². The highest BCUT2D eigenvalue weighted by atomic mass is 32.1. The molecule has 8 heteroatoms. The molecule has 1 aliphatic carbocycles. The summed E-state index contributed by atoms with van der Waals surface area (Å²) in [6, 6.07) is 7.36. The van der Waals surface area contributed by atoms with E-state index in [1.807, 2.05) is 34.4 Å². The number of methoxy groups -OCH3 is 2. The van der Waals surface area contributed by atoms with Crippen molar-refractivity contribution in [3.63, 3.8) is 0 Å². The van der Waals surface area contributed by atoms with Crippen LogP contribution in [-0.2, 0) is 24.2 Å². The van der Waals surface area contributed by atoms with E-state index in [1.165, 1.54) is 28.7 Å². The van der Waals surface area contributed by atoms with Gasteiger partial charge in [-0.05, 0) is 49.4 Å². The number of nitrogens with zero attached hydrogens (tertiary/aromatic N) is 4. The minimum absolute atomic E-state index is 0.0457. The number of fused-ring (bicyclic) bond motifs is 3. The molecule has 0 spiro atoms. The molecule has 168 valence electrons. The zero-order valence-electron chi connectivity index (χ0n) is 18.6. The van der Waals surface area contributed by atoms with Crippen LogP contribution in [0.3, 0.4) is 0 Å². The van der Waals surface area contributed by atoms with Gasteiger partial charge in [-0.15, -0.1) is 11.3 Å². The third-order valence-corrected chi connectivity index (χ3v) is 7.48. The number of aryl methyl sites for hydroxylation is 2. The largest absolute Gasteiger partial charge is 0.497 e. The van der Waals surface area contributed by atoms with E-state index < -0.39 is 0 Å². The quantitative estimate of drug-likeness (QED) is 0.588. The topological polar surface area (TPSA) is 67.8 Å². The Kier molecular flexibility index (Phi) is 5.97. The second-order valence-electron chi connectivity index (χ2n) is 8.30. The maximum absolute atomic E-state index is 13.0. The Labute approximate surface area is 192 Å². The van der Waals surface area contributed by atoms with Crippen LogP contribution >= 0.6 is 11.3 Å². The Hall–Kier alpha value is -2.71. The zero-order chi connectivity index (χ0) is 22.1. The van der Waals surface area contributed by atoms with Crippen LogP contribution in [0.1, 0.15) is 39.5 Å².